The summed E-state index contributed by atoms with van der Waals surface area (Å²) >= 11 is 10.7. The van der Waals surface area contributed by atoms with Crippen molar-refractivity contribution in [2.24, 2.45) is 0 Å². The first-order valence-corrected chi connectivity index (χ1v) is 4.25. The highest BCUT2D eigenvalue weighted by Crippen LogP contribution is 2.16. The number of benzene rings is 1. The van der Waals surface area contributed by atoms with Gasteiger partial charge in [-0.25, -0.2) is 4.79 Å². The van der Waals surface area contributed by atoms with Crippen molar-refractivity contribution in [2.75, 3.05) is 0 Å². The number of hydrogen-bond acceptors (Lipinski definition) is 2. The van der Waals surface area contributed by atoms with Crippen LogP contribution in [0.15, 0.2) is 24.3 Å². The second kappa shape index (κ2) is 4.35. The van der Waals surface area contributed by atoms with E-state index in [1.54, 1.807) is 0 Å². The molecule has 0 aliphatic carbocycles. The van der Waals surface area contributed by atoms with Gasteiger partial charge in [-0.05, 0) is 24.3 Å². The van der Waals surface area contributed by atoms with Gasteiger partial charge in [0.1, 0.15) is 5.75 Å². The molecule has 0 saturated carbocycles. The number of rotatable bonds is 3. The van der Waals surface area contributed by atoms with Gasteiger partial charge in [0.2, 0.25) is 5.02 Å². The third-order valence-corrected chi connectivity index (χ3v) is 1.50. The zero-order valence-corrected chi connectivity index (χ0v) is 7.92. The summed E-state index contributed by atoms with van der Waals surface area (Å²) in [5, 5.41) is 7.62. The zero-order chi connectivity index (χ0) is 9.84. The molecular weight excluding hydrogens is 215 g/mol. The summed E-state index contributed by atoms with van der Waals surface area (Å²) in [7, 11) is 0. The molecule has 0 atom stereocenters. The van der Waals surface area contributed by atoms with Crippen molar-refractivity contribution in [3.05, 3.63) is 29.8 Å². The van der Waals surface area contributed by atoms with Crippen LogP contribution in [0.1, 0.15) is 10.4 Å². The van der Waals surface area contributed by atoms with Gasteiger partial charge in [-0.15, -0.1) is 0 Å². The first-order valence-electron chi connectivity index (χ1n) is 3.38. The van der Waals surface area contributed by atoms with Gasteiger partial charge in [0.25, 0.3) is 0 Å². The Kier molecular flexibility index (Phi) is 3.39. The fourth-order valence-corrected chi connectivity index (χ4v) is 0.985. The number of carboxylic acids is 1. The third-order valence-electron chi connectivity index (χ3n) is 1.33. The van der Waals surface area contributed by atoms with Crippen LogP contribution in [-0.2, 0) is 0 Å². The molecule has 0 bridgehead atoms. The van der Waals surface area contributed by atoms with Crippen LogP contribution >= 0.6 is 23.2 Å². The lowest BCUT2D eigenvalue weighted by Crippen LogP contribution is -2.00. The third kappa shape index (κ3) is 3.13. The maximum atomic E-state index is 10.4. The van der Waals surface area contributed by atoms with Gasteiger partial charge in [-0.2, -0.15) is 0 Å². The van der Waals surface area contributed by atoms with E-state index in [-0.39, 0.29) is 5.56 Å². The highest BCUT2D eigenvalue weighted by atomic mass is 35.5. The predicted octanol–water partition coefficient (Wildman–Crippen LogP) is 2.52. The summed E-state index contributed by atoms with van der Waals surface area (Å²) in [4.78, 5) is 10.4. The Morgan fingerprint density at radius 1 is 1.31 bits per heavy atom. The van der Waals surface area contributed by atoms with Crippen LogP contribution in [0, 0.1) is 0 Å². The van der Waals surface area contributed by atoms with Gasteiger partial charge >= 0.3 is 5.97 Å². The van der Waals surface area contributed by atoms with E-state index in [1.807, 2.05) is 0 Å². The average molecular weight is 221 g/mol. The van der Waals surface area contributed by atoms with E-state index in [2.05, 4.69) is 0 Å². The largest absolute Gasteiger partial charge is 0.478 e. The van der Waals surface area contributed by atoms with Crippen molar-refractivity contribution in [1.82, 2.24) is 0 Å². The smallest absolute Gasteiger partial charge is 0.335 e. The Labute approximate surface area is 84.8 Å². The first-order chi connectivity index (χ1) is 6.09. The molecule has 13 heavy (non-hydrogen) atoms. The molecule has 5 heteroatoms. The number of aromatic carboxylic acids is 1. The zero-order valence-electron chi connectivity index (χ0n) is 6.41. The van der Waals surface area contributed by atoms with Gasteiger partial charge in [0, 0.05) is 0 Å². The van der Waals surface area contributed by atoms with Crippen LogP contribution in [0.3, 0.4) is 0 Å². The van der Waals surface area contributed by atoms with Crippen molar-refractivity contribution in [1.29, 1.82) is 0 Å². The maximum absolute atomic E-state index is 10.4. The second-order valence-electron chi connectivity index (χ2n) is 2.21. The molecule has 0 aliphatic heterocycles. The molecule has 0 amide bonds. The van der Waals surface area contributed by atoms with Crippen LogP contribution in [0.4, 0.5) is 0 Å². The average Bonchev–Trinajstić information content (AvgIpc) is 2.04. The van der Waals surface area contributed by atoms with E-state index in [4.69, 9.17) is 33.0 Å². The summed E-state index contributed by atoms with van der Waals surface area (Å²) in [5.74, 6) is -0.556. The quantitative estimate of drug-likeness (QED) is 0.797. The fourth-order valence-electron chi connectivity index (χ4n) is 0.779. The molecule has 70 valence electrons. The van der Waals surface area contributed by atoms with Gasteiger partial charge in [0.05, 0.1) is 5.56 Å². The molecule has 1 aromatic carbocycles. The van der Waals surface area contributed by atoms with Crippen LogP contribution in [-0.4, -0.2) is 16.1 Å². The van der Waals surface area contributed by atoms with E-state index in [0.29, 0.717) is 5.75 Å². The second-order valence-corrected chi connectivity index (χ2v) is 3.22. The van der Waals surface area contributed by atoms with Crippen LogP contribution < -0.4 is 4.74 Å². The fraction of sp³-hybridized carbons (Fsp3) is 0.125. The molecule has 0 saturated heterocycles. The van der Waals surface area contributed by atoms with Crippen LogP contribution in [0.5, 0.6) is 5.75 Å². The lowest BCUT2D eigenvalue weighted by molar-refractivity contribution is 0.0697. The lowest BCUT2D eigenvalue weighted by Gasteiger charge is -2.05. The Morgan fingerprint density at radius 2 is 1.85 bits per heavy atom. The lowest BCUT2D eigenvalue weighted by atomic mass is 10.2. The number of carboxylic acid groups (broad SMARTS) is 1. The minimum atomic E-state index is -0.986. The van der Waals surface area contributed by atoms with Crippen molar-refractivity contribution in [3.63, 3.8) is 0 Å². The SMILES string of the molecule is O=C(O)c1ccc(OC(Cl)Cl)cc1. The molecule has 0 radical (unpaired) electrons. The van der Waals surface area contributed by atoms with Gasteiger partial charge < -0.3 is 9.84 Å². The number of carbonyl (C=O) groups is 1. The summed E-state index contributed by atoms with van der Waals surface area (Å²) in [6, 6.07) is 5.80. The summed E-state index contributed by atoms with van der Waals surface area (Å²) < 4.78 is 4.89. The Morgan fingerprint density at radius 3 is 2.23 bits per heavy atom. The molecule has 1 aromatic rings. The molecule has 1 N–H and O–H groups in total. The molecule has 0 heterocycles. The first kappa shape index (κ1) is 10.2. The van der Waals surface area contributed by atoms with Crippen LogP contribution in [0.2, 0.25) is 0 Å². The number of alkyl halides is 2. The van der Waals surface area contributed by atoms with Crippen molar-refractivity contribution >= 4 is 29.2 Å². The van der Waals surface area contributed by atoms with Gasteiger partial charge in [0.15, 0.2) is 0 Å². The minimum absolute atomic E-state index is 0.188. The van der Waals surface area contributed by atoms with Crippen molar-refractivity contribution < 1.29 is 14.6 Å². The summed E-state index contributed by atoms with van der Waals surface area (Å²) in [5.41, 5.74) is 0.188. The Bertz CT molecular complexity index is 295. The molecule has 3 nitrogen and oxygen atoms in total. The van der Waals surface area contributed by atoms with Gasteiger partial charge in [-0.3, -0.25) is 0 Å². The highest BCUT2D eigenvalue weighted by molar-refractivity contribution is 6.43. The van der Waals surface area contributed by atoms with Gasteiger partial charge in [-0.1, -0.05) is 23.2 Å². The molecule has 0 spiro atoms. The van der Waals surface area contributed by atoms with E-state index >= 15 is 0 Å². The molecule has 0 aromatic heterocycles. The number of ether oxygens (including phenoxy) is 1. The molecule has 0 aliphatic rings. The Balaban J connectivity index is 2.75. The van der Waals surface area contributed by atoms with E-state index in [0.717, 1.165) is 0 Å². The summed E-state index contributed by atoms with van der Waals surface area (Å²) in [6.07, 6.45) is 0. The van der Waals surface area contributed by atoms with Crippen LogP contribution in [0.25, 0.3) is 0 Å². The van der Waals surface area contributed by atoms with E-state index in [1.165, 1.54) is 24.3 Å². The normalized spacial score (nSPS) is 10.1. The van der Waals surface area contributed by atoms with Crippen molar-refractivity contribution in [2.45, 2.75) is 5.02 Å². The van der Waals surface area contributed by atoms with E-state index < -0.39 is 11.0 Å². The predicted molar refractivity (Wildman–Crippen MR) is 49.5 cm³/mol. The summed E-state index contributed by atoms with van der Waals surface area (Å²) in [6.45, 7) is 0. The number of hydrogen-bond donors (Lipinski definition) is 1. The van der Waals surface area contributed by atoms with E-state index in [9.17, 15) is 4.79 Å². The molecule has 0 unspecified atom stereocenters. The minimum Gasteiger partial charge on any atom is -0.478 e. The van der Waals surface area contributed by atoms with Crippen molar-refractivity contribution in [3.8, 4) is 5.75 Å². The Hall–Kier alpha value is -0.930. The highest BCUT2D eigenvalue weighted by Gasteiger charge is 2.04. The molecule has 1 rings (SSSR count). The maximum Gasteiger partial charge on any atom is 0.335 e. The molecule has 0 fully saturated rings. The molecular formula is C8H6Cl2O3. The standard InChI is InChI=1S/C8H6Cl2O3/c9-8(10)13-6-3-1-5(2-4-6)7(11)12/h1-4,8H,(H,11,12). The monoisotopic (exact) mass is 220 g/mol. The number of halogens is 2. The topological polar surface area (TPSA) is 46.5 Å².